The monoisotopic (exact) mass is 288 g/mol. The number of hydrogen-bond donors (Lipinski definition) is 2. The third-order valence-corrected chi connectivity index (χ3v) is 4.16. The van der Waals surface area contributed by atoms with Crippen molar-refractivity contribution in [2.24, 2.45) is 5.73 Å². The summed E-state index contributed by atoms with van der Waals surface area (Å²) in [6.45, 7) is -0.238. The molecule has 0 saturated carbocycles. The van der Waals surface area contributed by atoms with Gasteiger partial charge in [0.1, 0.15) is 17.7 Å². The molecule has 8 nitrogen and oxygen atoms in total. The fourth-order valence-electron chi connectivity index (χ4n) is 2.00. The lowest BCUT2D eigenvalue weighted by Crippen LogP contribution is -2.65. The highest BCUT2D eigenvalue weighted by Gasteiger charge is 2.54. The molecular formula is C10H12N2O6S. The molecule has 0 spiro atoms. The Morgan fingerprint density at radius 1 is 1.58 bits per heavy atom. The third kappa shape index (κ3) is 2.26. The van der Waals surface area contributed by atoms with Gasteiger partial charge >= 0.3 is 12.1 Å². The predicted molar refractivity (Wildman–Crippen MR) is 64.1 cm³/mol. The second-order valence-corrected chi connectivity index (χ2v) is 5.04. The Balaban J connectivity index is 2.25. The molecule has 0 aromatic carbocycles. The molecule has 0 aromatic rings. The molecule has 104 valence electrons. The van der Waals surface area contributed by atoms with Crippen LogP contribution < -0.4 is 5.73 Å². The van der Waals surface area contributed by atoms with E-state index in [-0.39, 0.29) is 17.7 Å². The summed E-state index contributed by atoms with van der Waals surface area (Å²) in [6, 6.07) is 0. The summed E-state index contributed by atoms with van der Waals surface area (Å²) in [5.74, 6) is -1.31. The molecular weight excluding hydrogens is 276 g/mol. The van der Waals surface area contributed by atoms with Crippen molar-refractivity contribution in [1.82, 2.24) is 4.90 Å². The number of carboxylic acid groups (broad SMARTS) is 1. The summed E-state index contributed by atoms with van der Waals surface area (Å²) in [4.78, 5) is 34.8. The maximum atomic E-state index is 11.8. The highest BCUT2D eigenvalue weighted by Crippen LogP contribution is 2.41. The zero-order valence-electron chi connectivity index (χ0n) is 9.99. The number of rotatable bonds is 4. The molecule has 0 bridgehead atoms. The number of amides is 2. The lowest BCUT2D eigenvalue weighted by atomic mass is 10.1. The molecule has 2 amide bonds. The van der Waals surface area contributed by atoms with Gasteiger partial charge in [-0.2, -0.15) is 0 Å². The van der Waals surface area contributed by atoms with Gasteiger partial charge in [0, 0.05) is 18.4 Å². The number of carboxylic acids is 1. The number of carbonyl (C=O) groups excluding carboxylic acids is 2. The van der Waals surface area contributed by atoms with E-state index in [1.165, 1.54) is 18.9 Å². The van der Waals surface area contributed by atoms with Gasteiger partial charge in [0.25, 0.3) is 5.91 Å². The van der Waals surface area contributed by atoms with Gasteiger partial charge in [0.15, 0.2) is 6.10 Å². The Morgan fingerprint density at radius 3 is 2.79 bits per heavy atom. The Hall–Kier alpha value is -1.74. The van der Waals surface area contributed by atoms with Crippen molar-refractivity contribution < 1.29 is 29.0 Å². The molecule has 9 heteroatoms. The zero-order valence-corrected chi connectivity index (χ0v) is 10.8. The normalized spacial score (nSPS) is 25.7. The molecule has 3 N–H and O–H groups in total. The topological polar surface area (TPSA) is 119 Å². The van der Waals surface area contributed by atoms with E-state index in [9.17, 15) is 19.5 Å². The van der Waals surface area contributed by atoms with Crippen LogP contribution in [0.4, 0.5) is 4.79 Å². The number of ether oxygens (including phenoxy) is 2. The summed E-state index contributed by atoms with van der Waals surface area (Å²) < 4.78 is 9.59. The standard InChI is InChI=1S/C10H12N2O6S/c1-17-6-7(13)12-5(9(14)15)4(2-18-10(11)16)3-19-8(6)12/h6,8H,2-3H2,1H3,(H2,11,16)(H,14,15)/t6?,8-/m0/s1. The summed E-state index contributed by atoms with van der Waals surface area (Å²) in [5.41, 5.74) is 5.03. The van der Waals surface area contributed by atoms with Gasteiger partial charge in [0.05, 0.1) is 0 Å². The maximum absolute atomic E-state index is 11.8. The highest BCUT2D eigenvalue weighted by atomic mass is 32.2. The predicted octanol–water partition coefficient (Wildman–Crippen LogP) is -0.649. The third-order valence-electron chi connectivity index (χ3n) is 2.84. The Morgan fingerprint density at radius 2 is 2.26 bits per heavy atom. The van der Waals surface area contributed by atoms with E-state index >= 15 is 0 Å². The van der Waals surface area contributed by atoms with Gasteiger partial charge in [-0.25, -0.2) is 9.59 Å². The van der Waals surface area contributed by atoms with Crippen molar-refractivity contribution in [2.75, 3.05) is 19.5 Å². The van der Waals surface area contributed by atoms with Gasteiger partial charge in [-0.05, 0) is 0 Å². The lowest BCUT2D eigenvalue weighted by molar-refractivity contribution is -0.162. The first-order chi connectivity index (χ1) is 8.97. The number of aliphatic carboxylic acids is 1. The number of hydrogen-bond acceptors (Lipinski definition) is 6. The van der Waals surface area contributed by atoms with Crippen molar-refractivity contribution >= 4 is 29.7 Å². The van der Waals surface area contributed by atoms with Gasteiger partial charge in [-0.1, -0.05) is 0 Å². The Kier molecular flexibility index (Phi) is 3.67. The number of nitrogens with zero attached hydrogens (tertiary/aromatic N) is 1. The summed E-state index contributed by atoms with van der Waals surface area (Å²) in [7, 11) is 1.40. The number of primary amides is 1. The van der Waals surface area contributed by atoms with Crippen LogP contribution >= 0.6 is 11.8 Å². The van der Waals surface area contributed by atoms with E-state index in [0.29, 0.717) is 11.3 Å². The fourth-order valence-corrected chi connectivity index (χ4v) is 3.35. The number of thioether (sulfide) groups is 1. The Bertz CT molecular complexity index is 477. The van der Waals surface area contributed by atoms with E-state index in [0.717, 1.165) is 4.90 Å². The largest absolute Gasteiger partial charge is 0.477 e. The molecule has 1 unspecified atom stereocenters. The average Bonchev–Trinajstić information content (AvgIpc) is 2.35. The van der Waals surface area contributed by atoms with E-state index < -0.39 is 24.1 Å². The first-order valence-electron chi connectivity index (χ1n) is 5.32. The molecule has 2 aliphatic rings. The van der Waals surface area contributed by atoms with Gasteiger partial charge in [-0.15, -0.1) is 11.8 Å². The number of fused-ring (bicyclic) bond motifs is 1. The van der Waals surface area contributed by atoms with Crippen LogP contribution in [0.1, 0.15) is 0 Å². The SMILES string of the molecule is COC1C(=O)N2C(C(=O)O)=C(COC(N)=O)CS[C@@H]12. The number of carbonyl (C=O) groups is 3. The second-order valence-electron chi connectivity index (χ2n) is 3.93. The number of β-lactam (4-membered cyclic amide) rings is 1. The second kappa shape index (κ2) is 5.10. The zero-order chi connectivity index (χ0) is 14.2. The van der Waals surface area contributed by atoms with Crippen molar-refractivity contribution in [2.45, 2.75) is 11.5 Å². The molecule has 0 aromatic heterocycles. The minimum Gasteiger partial charge on any atom is -0.477 e. The smallest absolute Gasteiger partial charge is 0.404 e. The maximum Gasteiger partial charge on any atom is 0.404 e. The van der Waals surface area contributed by atoms with E-state index in [1.54, 1.807) is 0 Å². The highest BCUT2D eigenvalue weighted by molar-refractivity contribution is 8.00. The Labute approximate surface area is 112 Å². The number of nitrogens with two attached hydrogens (primary N) is 1. The minimum absolute atomic E-state index is 0.150. The van der Waals surface area contributed by atoms with Crippen LogP contribution in [-0.4, -0.2) is 58.9 Å². The van der Waals surface area contributed by atoms with Crippen LogP contribution in [0.25, 0.3) is 0 Å². The van der Waals surface area contributed by atoms with Crippen molar-refractivity contribution in [3.8, 4) is 0 Å². The molecule has 2 aliphatic heterocycles. The van der Waals surface area contributed by atoms with Crippen LogP contribution in [0.15, 0.2) is 11.3 Å². The molecule has 0 aliphatic carbocycles. The van der Waals surface area contributed by atoms with E-state index in [2.05, 4.69) is 4.74 Å². The number of methoxy groups -OCH3 is 1. The van der Waals surface area contributed by atoms with Crippen LogP contribution in [-0.2, 0) is 19.1 Å². The summed E-state index contributed by atoms with van der Waals surface area (Å²) >= 11 is 1.36. The van der Waals surface area contributed by atoms with Crippen LogP contribution in [0, 0.1) is 0 Å². The van der Waals surface area contributed by atoms with Crippen molar-refractivity contribution in [3.63, 3.8) is 0 Å². The van der Waals surface area contributed by atoms with Crippen LogP contribution in [0.2, 0.25) is 0 Å². The summed E-state index contributed by atoms with van der Waals surface area (Å²) in [5, 5.41) is 8.85. The quantitative estimate of drug-likeness (QED) is 0.660. The van der Waals surface area contributed by atoms with Gasteiger partial charge in [0.2, 0.25) is 0 Å². The van der Waals surface area contributed by atoms with Gasteiger partial charge in [-0.3, -0.25) is 9.69 Å². The molecule has 19 heavy (non-hydrogen) atoms. The average molecular weight is 288 g/mol. The minimum atomic E-state index is -1.24. The van der Waals surface area contributed by atoms with Crippen molar-refractivity contribution in [3.05, 3.63) is 11.3 Å². The van der Waals surface area contributed by atoms with Crippen molar-refractivity contribution in [1.29, 1.82) is 0 Å². The molecule has 2 heterocycles. The summed E-state index contributed by atoms with van der Waals surface area (Å²) in [6.07, 6.45) is -1.62. The molecule has 1 saturated heterocycles. The van der Waals surface area contributed by atoms with Gasteiger partial charge < -0.3 is 20.3 Å². The lowest BCUT2D eigenvalue weighted by Gasteiger charge is -2.48. The van der Waals surface area contributed by atoms with Crippen LogP contribution in [0.5, 0.6) is 0 Å². The van der Waals surface area contributed by atoms with E-state index in [4.69, 9.17) is 10.5 Å². The molecule has 0 radical (unpaired) electrons. The van der Waals surface area contributed by atoms with Crippen LogP contribution in [0.3, 0.4) is 0 Å². The molecule has 2 rings (SSSR count). The molecule has 2 atom stereocenters. The van der Waals surface area contributed by atoms with E-state index in [1.807, 2.05) is 0 Å². The fraction of sp³-hybridized carbons (Fsp3) is 0.500. The first kappa shape index (κ1) is 13.7. The molecule has 1 fully saturated rings. The first-order valence-corrected chi connectivity index (χ1v) is 6.37.